The largest absolute Gasteiger partial charge is 0.493 e. The van der Waals surface area contributed by atoms with Crippen LogP contribution in [0, 0.1) is 0 Å². The maximum absolute atomic E-state index is 14.1. The molecule has 0 spiro atoms. The third kappa shape index (κ3) is 4.60. The highest BCUT2D eigenvalue weighted by Crippen LogP contribution is 2.41. The number of benzene rings is 2. The fourth-order valence-electron chi connectivity index (χ4n) is 4.81. The first-order valence-electron chi connectivity index (χ1n) is 11.9. The number of nitrogens with one attached hydrogen (secondary N) is 2. The summed E-state index contributed by atoms with van der Waals surface area (Å²) in [5.41, 5.74) is 2.74. The summed E-state index contributed by atoms with van der Waals surface area (Å²) in [6.45, 7) is 2.92. The van der Waals surface area contributed by atoms with Crippen molar-refractivity contribution >= 4 is 11.7 Å². The van der Waals surface area contributed by atoms with Gasteiger partial charge in [-0.1, -0.05) is 18.2 Å². The molecule has 5 rings (SSSR count). The van der Waals surface area contributed by atoms with Crippen LogP contribution >= 0.6 is 0 Å². The molecule has 0 bridgehead atoms. The van der Waals surface area contributed by atoms with E-state index in [1.807, 2.05) is 23.1 Å². The van der Waals surface area contributed by atoms with Crippen molar-refractivity contribution in [1.82, 2.24) is 20.0 Å². The van der Waals surface area contributed by atoms with Crippen molar-refractivity contribution in [2.75, 3.05) is 45.7 Å². The molecule has 36 heavy (non-hydrogen) atoms. The fourth-order valence-corrected chi connectivity index (χ4v) is 4.81. The average Bonchev–Trinajstić information content (AvgIpc) is 3.36. The molecular weight excluding hydrogens is 468 g/mol. The van der Waals surface area contributed by atoms with Crippen LogP contribution in [0.3, 0.4) is 0 Å². The second kappa shape index (κ2) is 10.1. The standard InChI is InChI=1S/C26H29F2N5O3/c1-35-22-8-7-18(13-23(22)36-2)19-14-21(25(27)28)33-24(30-19)15-20(31-33)16-3-5-17(6-4-16)26(34)32-11-9-29-10-12-32/h3-8,13,15,19,21,25,29-30H,9-12,14H2,1-2H3/t19-,21+/m1/s1. The number of carbonyl (C=O) groups is 1. The zero-order chi connectivity index (χ0) is 25.2. The van der Waals surface area contributed by atoms with E-state index in [0.717, 1.165) is 24.2 Å². The number of nitrogens with zero attached hydrogens (tertiary/aromatic N) is 3. The molecule has 2 aliphatic rings. The van der Waals surface area contributed by atoms with Crippen LogP contribution in [0.4, 0.5) is 14.6 Å². The summed E-state index contributed by atoms with van der Waals surface area (Å²) >= 11 is 0. The number of fused-ring (bicyclic) bond motifs is 1. The van der Waals surface area contributed by atoms with Gasteiger partial charge in [0.15, 0.2) is 11.5 Å². The normalized spacial score (nSPS) is 19.5. The lowest BCUT2D eigenvalue weighted by molar-refractivity contribution is 0.0659. The van der Waals surface area contributed by atoms with Gasteiger partial charge in [-0.15, -0.1) is 0 Å². The van der Waals surface area contributed by atoms with Crippen molar-refractivity contribution in [3.63, 3.8) is 0 Å². The molecule has 8 nitrogen and oxygen atoms in total. The van der Waals surface area contributed by atoms with Gasteiger partial charge in [0.05, 0.1) is 26.0 Å². The molecule has 1 aromatic heterocycles. The fraction of sp³-hybridized carbons (Fsp3) is 0.385. The lowest BCUT2D eigenvalue weighted by atomic mass is 9.97. The van der Waals surface area contributed by atoms with Crippen molar-refractivity contribution < 1.29 is 23.0 Å². The quantitative estimate of drug-likeness (QED) is 0.537. The summed E-state index contributed by atoms with van der Waals surface area (Å²) in [7, 11) is 3.10. The van der Waals surface area contributed by atoms with Gasteiger partial charge >= 0.3 is 0 Å². The van der Waals surface area contributed by atoms with Crippen molar-refractivity contribution in [3.05, 3.63) is 59.7 Å². The van der Waals surface area contributed by atoms with E-state index in [9.17, 15) is 13.6 Å². The zero-order valence-electron chi connectivity index (χ0n) is 20.2. The minimum atomic E-state index is -2.58. The molecule has 3 heterocycles. The number of halogens is 2. The predicted molar refractivity (Wildman–Crippen MR) is 132 cm³/mol. The Balaban J connectivity index is 1.40. The van der Waals surface area contributed by atoms with Crippen LogP contribution in [0.1, 0.15) is 34.4 Å². The van der Waals surface area contributed by atoms with Gasteiger partial charge in [-0.2, -0.15) is 5.10 Å². The maximum Gasteiger partial charge on any atom is 0.260 e. The Labute approximate surface area is 208 Å². The summed E-state index contributed by atoms with van der Waals surface area (Å²) < 4.78 is 40.3. The van der Waals surface area contributed by atoms with Gasteiger partial charge in [0.2, 0.25) is 0 Å². The van der Waals surface area contributed by atoms with E-state index in [1.165, 1.54) is 4.68 Å². The minimum Gasteiger partial charge on any atom is -0.493 e. The number of aromatic nitrogens is 2. The van der Waals surface area contributed by atoms with Gasteiger partial charge in [0.25, 0.3) is 12.3 Å². The Hall–Kier alpha value is -3.66. The summed E-state index contributed by atoms with van der Waals surface area (Å²) in [6.07, 6.45) is -2.42. The monoisotopic (exact) mass is 497 g/mol. The molecule has 190 valence electrons. The van der Waals surface area contributed by atoms with Gasteiger partial charge < -0.3 is 25.0 Å². The lowest BCUT2D eigenvalue weighted by Crippen LogP contribution is -2.46. The number of piperazine rings is 1. The number of anilines is 1. The molecule has 2 aromatic carbocycles. The van der Waals surface area contributed by atoms with Crippen LogP contribution in [0.5, 0.6) is 11.5 Å². The van der Waals surface area contributed by atoms with Gasteiger partial charge in [-0.25, -0.2) is 13.5 Å². The highest BCUT2D eigenvalue weighted by atomic mass is 19.3. The van der Waals surface area contributed by atoms with E-state index >= 15 is 0 Å². The molecule has 10 heteroatoms. The van der Waals surface area contributed by atoms with Crippen LogP contribution in [0.2, 0.25) is 0 Å². The number of carbonyl (C=O) groups excluding carboxylic acids is 1. The van der Waals surface area contributed by atoms with Crippen molar-refractivity contribution in [3.8, 4) is 22.8 Å². The zero-order valence-corrected chi connectivity index (χ0v) is 20.2. The molecule has 0 radical (unpaired) electrons. The van der Waals surface area contributed by atoms with Crippen LogP contribution in [0.25, 0.3) is 11.3 Å². The van der Waals surface area contributed by atoms with Crippen LogP contribution in [-0.2, 0) is 0 Å². The number of hydrogen-bond acceptors (Lipinski definition) is 6. The second-order valence-corrected chi connectivity index (χ2v) is 8.93. The molecule has 2 aliphatic heterocycles. The van der Waals surface area contributed by atoms with Gasteiger partial charge in [-0.3, -0.25) is 4.79 Å². The number of amides is 1. The number of alkyl halides is 2. The van der Waals surface area contributed by atoms with Crippen molar-refractivity contribution in [2.24, 2.45) is 0 Å². The number of ether oxygens (including phenoxy) is 2. The van der Waals surface area contributed by atoms with E-state index in [-0.39, 0.29) is 18.4 Å². The molecular formula is C26H29F2N5O3. The van der Waals surface area contributed by atoms with E-state index in [0.29, 0.717) is 41.7 Å². The average molecular weight is 498 g/mol. The highest BCUT2D eigenvalue weighted by Gasteiger charge is 2.35. The van der Waals surface area contributed by atoms with Gasteiger partial charge in [0.1, 0.15) is 11.9 Å². The van der Waals surface area contributed by atoms with Crippen molar-refractivity contribution in [2.45, 2.75) is 24.9 Å². The summed E-state index contributed by atoms with van der Waals surface area (Å²) in [5.74, 6) is 1.63. The van der Waals surface area contributed by atoms with Crippen molar-refractivity contribution in [1.29, 1.82) is 0 Å². The first-order valence-corrected chi connectivity index (χ1v) is 11.9. The van der Waals surface area contributed by atoms with Gasteiger partial charge in [0, 0.05) is 43.4 Å². The summed E-state index contributed by atoms with van der Waals surface area (Å²) in [5, 5.41) is 11.1. The van der Waals surface area contributed by atoms with Crippen LogP contribution in [0.15, 0.2) is 48.5 Å². The molecule has 1 amide bonds. The first-order chi connectivity index (χ1) is 17.5. The maximum atomic E-state index is 14.1. The van der Waals surface area contributed by atoms with Crippen LogP contribution in [-0.4, -0.2) is 67.4 Å². The first kappa shape index (κ1) is 24.1. The Kier molecular flexibility index (Phi) is 6.77. The lowest BCUT2D eigenvalue weighted by Gasteiger charge is -2.32. The molecule has 0 unspecified atom stereocenters. The van der Waals surface area contributed by atoms with E-state index in [2.05, 4.69) is 15.7 Å². The Morgan fingerprint density at radius 3 is 2.42 bits per heavy atom. The minimum absolute atomic E-state index is 0.00984. The molecule has 0 aliphatic carbocycles. The molecule has 1 saturated heterocycles. The highest BCUT2D eigenvalue weighted by molar-refractivity contribution is 5.94. The van der Waals surface area contributed by atoms with E-state index < -0.39 is 12.5 Å². The molecule has 1 fully saturated rings. The smallest absolute Gasteiger partial charge is 0.260 e. The van der Waals surface area contributed by atoms with Crippen LogP contribution < -0.4 is 20.1 Å². The van der Waals surface area contributed by atoms with E-state index in [1.54, 1.807) is 44.6 Å². The summed E-state index contributed by atoms with van der Waals surface area (Å²) in [6, 6.07) is 12.9. The Morgan fingerprint density at radius 1 is 1.03 bits per heavy atom. The topological polar surface area (TPSA) is 80.7 Å². The molecule has 3 aromatic rings. The van der Waals surface area contributed by atoms with Gasteiger partial charge in [-0.05, 0) is 36.2 Å². The number of rotatable bonds is 6. The second-order valence-electron chi connectivity index (χ2n) is 8.93. The Bertz CT molecular complexity index is 1220. The molecule has 2 N–H and O–H groups in total. The summed E-state index contributed by atoms with van der Waals surface area (Å²) in [4.78, 5) is 14.6. The third-order valence-electron chi connectivity index (χ3n) is 6.78. The number of hydrogen-bond donors (Lipinski definition) is 2. The Morgan fingerprint density at radius 2 is 1.75 bits per heavy atom. The number of methoxy groups -OCH3 is 2. The molecule has 0 saturated carbocycles. The SMILES string of the molecule is COc1ccc([C@H]2C[C@@H](C(F)F)n3nc(-c4ccc(C(=O)N5CCNCC5)cc4)cc3N2)cc1OC. The predicted octanol–water partition coefficient (Wildman–Crippen LogP) is 3.98. The third-order valence-corrected chi connectivity index (χ3v) is 6.78. The molecule has 2 atom stereocenters. The van der Waals surface area contributed by atoms with E-state index in [4.69, 9.17) is 9.47 Å².